The molecular weight excluding hydrogens is 688 g/mol. The Kier molecular flexibility index (Phi) is 9.90. The van der Waals surface area contributed by atoms with Crippen LogP contribution in [0.3, 0.4) is 0 Å². The number of hydrogen-bond acceptors (Lipinski definition) is 4. The summed E-state index contributed by atoms with van der Waals surface area (Å²) in [6.45, 7) is 27.1. The van der Waals surface area contributed by atoms with Gasteiger partial charge in [-0.2, -0.15) is 0 Å². The van der Waals surface area contributed by atoms with Gasteiger partial charge < -0.3 is 0 Å². The Morgan fingerprint density at radius 3 is 1.18 bits per heavy atom. The first-order chi connectivity index (χ1) is 25.8. The summed E-state index contributed by atoms with van der Waals surface area (Å²) in [6, 6.07) is 35.0. The van der Waals surface area contributed by atoms with Gasteiger partial charge in [-0.1, -0.05) is 0 Å². The third-order valence-corrected chi connectivity index (χ3v) is 11.3. The van der Waals surface area contributed by atoms with Crippen LogP contribution < -0.4 is 7.58 Å². The number of nitrogens with zero attached hydrogens (tertiary/aromatic N) is 2. The number of hydrogen-bond donors (Lipinski definition) is 0. The fraction of sp³-hybridized carbons (Fsp3) is 0.320. The van der Waals surface area contributed by atoms with Crippen LogP contribution in [-0.2, 0) is 21.7 Å². The topological polar surface area (TPSA) is 43.2 Å². The van der Waals surface area contributed by atoms with Gasteiger partial charge in [0.05, 0.1) is 0 Å². The van der Waals surface area contributed by atoms with Gasteiger partial charge in [0.25, 0.3) is 0 Å². The molecule has 1 aliphatic heterocycles. The van der Waals surface area contributed by atoms with Gasteiger partial charge in [-0.25, -0.2) is 0 Å². The van der Waals surface area contributed by atoms with Crippen LogP contribution in [0.1, 0.15) is 116 Å². The van der Waals surface area contributed by atoms with Crippen molar-refractivity contribution in [3.63, 3.8) is 0 Å². The molecule has 4 nitrogen and oxygen atoms in total. The van der Waals surface area contributed by atoms with Crippen molar-refractivity contribution in [1.82, 2.24) is 0 Å². The average Bonchev–Trinajstić information content (AvgIpc) is 3.11. The number of aliphatic imine (C=N–C) groups is 2. The third-order valence-electron chi connectivity index (χ3n) is 10.7. The molecule has 0 aromatic heterocycles. The number of rotatable bonds is 0. The summed E-state index contributed by atoms with van der Waals surface area (Å²) in [6.07, 6.45) is 4.01. The van der Waals surface area contributed by atoms with Crippen LogP contribution in [0.15, 0.2) is 107 Å². The van der Waals surface area contributed by atoms with E-state index in [9.17, 15) is 0 Å². The van der Waals surface area contributed by atoms with Crippen molar-refractivity contribution in [3.05, 3.63) is 130 Å². The second-order valence-corrected chi connectivity index (χ2v) is 19.8. The summed E-state index contributed by atoms with van der Waals surface area (Å²) in [7, 11) is 0. The molecule has 6 aromatic rings. The SMILES string of the molecule is CC(C)(C)c1cc2c(c(C(C)(C)C)c1)[O][Al+][O]c1c(cc(C(C)(C)C)cc1C(C)(C)C)C=Nc1ccc3ccccc3c1-c1c(ccc3ccccc13)N=C2. The van der Waals surface area contributed by atoms with Gasteiger partial charge in [0.1, 0.15) is 0 Å². The fourth-order valence-electron chi connectivity index (χ4n) is 7.40. The van der Waals surface area contributed by atoms with Gasteiger partial charge in [-0.15, -0.1) is 0 Å². The molecule has 0 radical (unpaired) electrons. The maximum atomic E-state index is 6.91. The summed E-state index contributed by atoms with van der Waals surface area (Å²) in [5.74, 6) is 1.64. The standard InChI is InChI=1S/C50H56N2O2.Al/c1-47(2,3)35-25-33(45(53)39(27-35)49(7,8)9)29-51-41-23-21-31-17-13-15-19-37(31)43(41)44-38-20-16-14-18-32(38)22-24-42(44)52-30-34-26-36(48(4,5)6)28-40(46(34)54)50(10,11)12;/h13-30,53-54H,1-12H3;/q;+3/p-2. The van der Waals surface area contributed by atoms with E-state index >= 15 is 0 Å². The third kappa shape index (κ3) is 7.75. The van der Waals surface area contributed by atoms with E-state index in [1.54, 1.807) is 0 Å². The van der Waals surface area contributed by atoms with Gasteiger partial charge in [-0.05, 0) is 0 Å². The van der Waals surface area contributed by atoms with E-state index < -0.39 is 15.9 Å². The van der Waals surface area contributed by atoms with Gasteiger partial charge in [0.15, 0.2) is 0 Å². The van der Waals surface area contributed by atoms with Crippen molar-refractivity contribution in [2.75, 3.05) is 0 Å². The van der Waals surface area contributed by atoms with E-state index in [1.807, 2.05) is 12.4 Å². The summed E-state index contributed by atoms with van der Waals surface area (Å²) in [4.78, 5) is 10.8. The Morgan fingerprint density at radius 1 is 0.436 bits per heavy atom. The minimum atomic E-state index is -0.954. The van der Waals surface area contributed by atoms with E-state index in [4.69, 9.17) is 17.6 Å². The first kappa shape index (κ1) is 38.6. The molecule has 0 saturated heterocycles. The molecule has 1 aliphatic rings. The van der Waals surface area contributed by atoms with Crippen molar-refractivity contribution in [1.29, 1.82) is 0 Å². The molecule has 0 fully saturated rings. The van der Waals surface area contributed by atoms with E-state index in [-0.39, 0.29) is 21.7 Å². The van der Waals surface area contributed by atoms with E-state index in [2.05, 4.69) is 180 Å². The Labute approximate surface area is 335 Å². The van der Waals surface area contributed by atoms with Crippen molar-refractivity contribution in [3.8, 4) is 22.6 Å². The Bertz CT molecular complexity index is 2320. The molecule has 7 rings (SSSR count). The van der Waals surface area contributed by atoms with Gasteiger partial charge >= 0.3 is 337 Å². The van der Waals surface area contributed by atoms with Gasteiger partial charge in [-0.3, -0.25) is 0 Å². The summed E-state index contributed by atoms with van der Waals surface area (Å²) >= 11 is -0.954. The molecule has 55 heavy (non-hydrogen) atoms. The zero-order chi connectivity index (χ0) is 39.5. The second kappa shape index (κ2) is 14.1. The van der Waals surface area contributed by atoms with E-state index in [0.29, 0.717) is 0 Å². The molecule has 0 atom stereocenters. The van der Waals surface area contributed by atoms with Gasteiger partial charge in [0, 0.05) is 0 Å². The monoisotopic (exact) mass is 741 g/mol. The predicted molar refractivity (Wildman–Crippen MR) is 236 cm³/mol. The molecule has 0 saturated carbocycles. The molecular formula is C50H54AlN2O2+. The van der Waals surface area contributed by atoms with Crippen LogP contribution in [0.5, 0.6) is 11.5 Å². The van der Waals surface area contributed by atoms with Gasteiger partial charge in [0.2, 0.25) is 0 Å². The Hall–Kier alpha value is -4.69. The number of benzene rings is 6. The zero-order valence-corrected chi connectivity index (χ0v) is 35.8. The maximum absolute atomic E-state index is 6.91. The zero-order valence-electron chi connectivity index (χ0n) is 34.7. The molecule has 0 unspecified atom stereocenters. The summed E-state index contributed by atoms with van der Waals surface area (Å²) in [5.41, 5.74) is 9.92. The van der Waals surface area contributed by atoms with Crippen LogP contribution in [0.25, 0.3) is 32.7 Å². The molecule has 1 heterocycles. The second-order valence-electron chi connectivity index (χ2n) is 19.1. The average molecular weight is 742 g/mol. The Balaban J connectivity index is 1.63. The molecule has 0 amide bonds. The normalized spacial score (nSPS) is 13.6. The Morgan fingerprint density at radius 2 is 0.818 bits per heavy atom. The molecule has 6 aromatic carbocycles. The molecule has 5 heteroatoms. The van der Waals surface area contributed by atoms with Crippen molar-refractivity contribution in [2.24, 2.45) is 9.98 Å². The first-order valence-electron chi connectivity index (χ1n) is 19.5. The van der Waals surface area contributed by atoms with E-state index in [1.165, 1.54) is 11.1 Å². The molecule has 278 valence electrons. The van der Waals surface area contributed by atoms with E-state index in [0.717, 1.165) is 77.8 Å². The van der Waals surface area contributed by atoms with Crippen LogP contribution in [0, 0.1) is 0 Å². The van der Waals surface area contributed by atoms with Crippen LogP contribution >= 0.6 is 0 Å². The van der Waals surface area contributed by atoms with Crippen LogP contribution in [-0.4, -0.2) is 28.3 Å². The molecule has 0 aliphatic carbocycles. The van der Waals surface area contributed by atoms with Crippen LogP contribution in [0.2, 0.25) is 0 Å². The van der Waals surface area contributed by atoms with Crippen molar-refractivity contribution >= 4 is 61.2 Å². The summed E-state index contributed by atoms with van der Waals surface area (Å²) < 4.78 is 13.8. The van der Waals surface area contributed by atoms with Crippen molar-refractivity contribution < 1.29 is 7.58 Å². The summed E-state index contributed by atoms with van der Waals surface area (Å²) in [5, 5.41) is 4.56. The minimum absolute atomic E-state index is 0.0855. The van der Waals surface area contributed by atoms with Crippen LogP contribution in [0.4, 0.5) is 11.4 Å². The number of fused-ring (bicyclic) bond motifs is 9. The molecule has 0 spiro atoms. The molecule has 0 bridgehead atoms. The first-order valence-corrected chi connectivity index (χ1v) is 20.4. The molecule has 0 N–H and O–H groups in total. The quantitative estimate of drug-likeness (QED) is 0.146. The fourth-order valence-corrected chi connectivity index (χ4v) is 8.16. The predicted octanol–water partition coefficient (Wildman–Crippen LogP) is 13.7. The van der Waals surface area contributed by atoms with Crippen molar-refractivity contribution in [2.45, 2.75) is 105 Å².